The van der Waals surface area contributed by atoms with Gasteiger partial charge in [0, 0.05) is 26.2 Å². The molecule has 1 aliphatic heterocycles. The van der Waals surface area contributed by atoms with Gasteiger partial charge in [0.15, 0.2) is 0 Å². The van der Waals surface area contributed by atoms with Crippen LogP contribution in [0.3, 0.4) is 0 Å². The van der Waals surface area contributed by atoms with Crippen LogP contribution in [-0.2, 0) is 4.74 Å². The molecule has 0 aromatic heterocycles. The minimum Gasteiger partial charge on any atom is -0.390 e. The van der Waals surface area contributed by atoms with Gasteiger partial charge >= 0.3 is 0 Å². The molecule has 15 heavy (non-hydrogen) atoms. The molecule has 0 aromatic rings. The number of nitrogens with zero attached hydrogens (tertiary/aromatic N) is 1. The van der Waals surface area contributed by atoms with Gasteiger partial charge in [-0.2, -0.15) is 0 Å². The topological polar surface area (TPSA) is 44.7 Å². The largest absolute Gasteiger partial charge is 0.390 e. The van der Waals surface area contributed by atoms with Crippen molar-refractivity contribution in [1.82, 2.24) is 10.2 Å². The summed E-state index contributed by atoms with van der Waals surface area (Å²) in [5.41, 5.74) is -0.559. The Hall–Kier alpha value is -0.160. The van der Waals surface area contributed by atoms with Crippen molar-refractivity contribution in [2.75, 3.05) is 39.8 Å². The minimum absolute atomic E-state index is 0.297. The lowest BCUT2D eigenvalue weighted by Gasteiger charge is -2.34. The maximum atomic E-state index is 9.65. The van der Waals surface area contributed by atoms with Gasteiger partial charge in [0.1, 0.15) is 0 Å². The standard InChI is InChI=1S/C11H24N2O2/c1-11(2,14)4-5-13-6-7-15-10(9-13)8-12-3/h10,12,14H,4-9H2,1-3H3. The number of hydrogen-bond acceptors (Lipinski definition) is 4. The van der Waals surface area contributed by atoms with Gasteiger partial charge in [0.2, 0.25) is 0 Å². The molecule has 0 aromatic carbocycles. The van der Waals surface area contributed by atoms with Crippen LogP contribution < -0.4 is 5.32 Å². The fourth-order valence-corrected chi connectivity index (χ4v) is 1.77. The van der Waals surface area contributed by atoms with Crippen LogP contribution in [0.25, 0.3) is 0 Å². The molecular weight excluding hydrogens is 192 g/mol. The Bertz CT molecular complexity index is 178. The van der Waals surface area contributed by atoms with E-state index in [1.165, 1.54) is 0 Å². The van der Waals surface area contributed by atoms with Crippen LogP contribution in [0.2, 0.25) is 0 Å². The number of aliphatic hydroxyl groups is 1. The third-order valence-corrected chi connectivity index (χ3v) is 2.69. The summed E-state index contributed by atoms with van der Waals surface area (Å²) in [4.78, 5) is 2.36. The summed E-state index contributed by atoms with van der Waals surface area (Å²) < 4.78 is 5.61. The Morgan fingerprint density at radius 1 is 1.53 bits per heavy atom. The van der Waals surface area contributed by atoms with E-state index < -0.39 is 5.60 Å². The first-order valence-electron chi connectivity index (χ1n) is 5.72. The van der Waals surface area contributed by atoms with E-state index in [1.807, 2.05) is 20.9 Å². The van der Waals surface area contributed by atoms with E-state index in [-0.39, 0.29) is 0 Å². The average molecular weight is 216 g/mol. The smallest absolute Gasteiger partial charge is 0.0826 e. The first-order chi connectivity index (χ1) is 7.01. The van der Waals surface area contributed by atoms with E-state index in [9.17, 15) is 5.11 Å². The Kier molecular flexibility index (Phi) is 4.99. The molecule has 1 fully saturated rings. The second-order valence-electron chi connectivity index (χ2n) is 4.91. The molecular formula is C11H24N2O2. The quantitative estimate of drug-likeness (QED) is 0.682. The van der Waals surface area contributed by atoms with Crippen LogP contribution >= 0.6 is 0 Å². The Morgan fingerprint density at radius 2 is 2.27 bits per heavy atom. The summed E-state index contributed by atoms with van der Waals surface area (Å²) in [6.07, 6.45) is 1.12. The van der Waals surface area contributed by atoms with E-state index in [1.54, 1.807) is 0 Å². The molecule has 4 nitrogen and oxygen atoms in total. The summed E-state index contributed by atoms with van der Waals surface area (Å²) in [6, 6.07) is 0. The molecule has 0 spiro atoms. The molecule has 1 saturated heterocycles. The summed E-state index contributed by atoms with van der Waals surface area (Å²) in [5, 5.41) is 12.8. The van der Waals surface area contributed by atoms with Gasteiger partial charge in [-0.05, 0) is 27.3 Å². The highest BCUT2D eigenvalue weighted by molar-refractivity contribution is 4.75. The van der Waals surface area contributed by atoms with Crippen molar-refractivity contribution in [1.29, 1.82) is 0 Å². The Balaban J connectivity index is 2.24. The average Bonchev–Trinajstić information content (AvgIpc) is 2.15. The van der Waals surface area contributed by atoms with E-state index in [4.69, 9.17) is 4.74 Å². The zero-order chi connectivity index (χ0) is 11.3. The third-order valence-electron chi connectivity index (χ3n) is 2.69. The van der Waals surface area contributed by atoms with Gasteiger partial charge < -0.3 is 15.2 Å². The van der Waals surface area contributed by atoms with Crippen LogP contribution in [-0.4, -0.2) is 61.5 Å². The van der Waals surface area contributed by atoms with Gasteiger partial charge in [0.25, 0.3) is 0 Å². The van der Waals surface area contributed by atoms with Crippen molar-refractivity contribution >= 4 is 0 Å². The van der Waals surface area contributed by atoms with Gasteiger partial charge in [-0.1, -0.05) is 0 Å². The van der Waals surface area contributed by atoms with Crippen LogP contribution in [0.15, 0.2) is 0 Å². The number of morpholine rings is 1. The van der Waals surface area contributed by atoms with Crippen molar-refractivity contribution in [3.8, 4) is 0 Å². The summed E-state index contributed by atoms with van der Waals surface area (Å²) in [6.45, 7) is 8.33. The predicted octanol–water partition coefficient (Wildman–Crippen LogP) is 0.0676. The molecule has 1 unspecified atom stereocenters. The molecule has 1 rings (SSSR count). The zero-order valence-electron chi connectivity index (χ0n) is 10.1. The van der Waals surface area contributed by atoms with Gasteiger partial charge in [0.05, 0.1) is 18.3 Å². The number of likely N-dealkylation sites (N-methyl/N-ethyl adjacent to an activating group) is 1. The normalized spacial score (nSPS) is 24.4. The third kappa shape index (κ3) is 5.47. The zero-order valence-corrected chi connectivity index (χ0v) is 10.1. The monoisotopic (exact) mass is 216 g/mol. The molecule has 0 aliphatic carbocycles. The molecule has 1 aliphatic rings. The number of ether oxygens (including phenoxy) is 1. The highest BCUT2D eigenvalue weighted by Crippen LogP contribution is 2.11. The molecule has 0 radical (unpaired) electrons. The predicted molar refractivity (Wildman–Crippen MR) is 61.0 cm³/mol. The Morgan fingerprint density at radius 3 is 2.87 bits per heavy atom. The number of hydrogen-bond donors (Lipinski definition) is 2. The van der Waals surface area contributed by atoms with Crippen molar-refractivity contribution in [2.45, 2.75) is 32.0 Å². The number of nitrogens with one attached hydrogen (secondary N) is 1. The lowest BCUT2D eigenvalue weighted by Crippen LogP contribution is -2.47. The second kappa shape index (κ2) is 5.80. The summed E-state index contributed by atoms with van der Waals surface area (Å²) in [7, 11) is 1.94. The Labute approximate surface area is 92.6 Å². The first kappa shape index (κ1) is 12.9. The molecule has 0 amide bonds. The molecule has 4 heteroatoms. The molecule has 2 N–H and O–H groups in total. The maximum Gasteiger partial charge on any atom is 0.0826 e. The van der Waals surface area contributed by atoms with Crippen molar-refractivity contribution in [3.05, 3.63) is 0 Å². The summed E-state index contributed by atoms with van der Waals surface area (Å²) >= 11 is 0. The lowest BCUT2D eigenvalue weighted by molar-refractivity contribution is -0.0347. The first-order valence-corrected chi connectivity index (χ1v) is 5.72. The minimum atomic E-state index is -0.559. The van der Waals surface area contributed by atoms with Crippen LogP contribution in [0, 0.1) is 0 Å². The molecule has 0 bridgehead atoms. The van der Waals surface area contributed by atoms with Gasteiger partial charge in [-0.25, -0.2) is 0 Å². The van der Waals surface area contributed by atoms with E-state index in [2.05, 4.69) is 10.2 Å². The lowest BCUT2D eigenvalue weighted by atomic mass is 10.1. The van der Waals surface area contributed by atoms with Crippen LogP contribution in [0.1, 0.15) is 20.3 Å². The van der Waals surface area contributed by atoms with Crippen molar-refractivity contribution in [2.24, 2.45) is 0 Å². The molecule has 1 atom stereocenters. The van der Waals surface area contributed by atoms with Gasteiger partial charge in [-0.3, -0.25) is 4.90 Å². The molecule has 1 heterocycles. The molecule has 0 saturated carbocycles. The van der Waals surface area contributed by atoms with E-state index in [0.29, 0.717) is 6.10 Å². The van der Waals surface area contributed by atoms with E-state index >= 15 is 0 Å². The maximum absolute atomic E-state index is 9.65. The van der Waals surface area contributed by atoms with Crippen molar-refractivity contribution < 1.29 is 9.84 Å². The highest BCUT2D eigenvalue weighted by atomic mass is 16.5. The van der Waals surface area contributed by atoms with Crippen LogP contribution in [0.4, 0.5) is 0 Å². The van der Waals surface area contributed by atoms with E-state index in [0.717, 1.165) is 39.2 Å². The summed E-state index contributed by atoms with van der Waals surface area (Å²) in [5.74, 6) is 0. The highest BCUT2D eigenvalue weighted by Gasteiger charge is 2.21. The van der Waals surface area contributed by atoms with Crippen LogP contribution in [0.5, 0.6) is 0 Å². The van der Waals surface area contributed by atoms with Gasteiger partial charge in [-0.15, -0.1) is 0 Å². The van der Waals surface area contributed by atoms with Crippen molar-refractivity contribution in [3.63, 3.8) is 0 Å². The SMILES string of the molecule is CNCC1CN(CCC(C)(C)O)CCO1. The number of rotatable bonds is 5. The fraction of sp³-hybridized carbons (Fsp3) is 1.00. The molecule has 90 valence electrons. The fourth-order valence-electron chi connectivity index (χ4n) is 1.77. The second-order valence-corrected chi connectivity index (χ2v) is 4.91.